The topological polar surface area (TPSA) is 36.9 Å². The largest absolute Gasteiger partial charge is 0.379 e. The predicted molar refractivity (Wildman–Crippen MR) is 61.5 cm³/mol. The lowest BCUT2D eigenvalue weighted by atomic mass is 10.4. The van der Waals surface area contributed by atoms with Crippen molar-refractivity contribution in [3.05, 3.63) is 0 Å². The van der Waals surface area contributed by atoms with Gasteiger partial charge in [-0.2, -0.15) is 0 Å². The third-order valence-corrected chi connectivity index (χ3v) is 2.41. The molecule has 1 aliphatic rings. The Balaban J connectivity index is 1.77. The second-order valence-electron chi connectivity index (χ2n) is 3.89. The molecule has 1 rings (SSSR count). The standard InChI is InChI=1S/C12H24O4/c1-2-3-6-13-10-11-14-9-5-12-15-7-4-8-16-12/h12H,2-11H2,1H3. The predicted octanol–water partition coefficient (Wildman–Crippen LogP) is 1.97. The van der Waals surface area contributed by atoms with Crippen LogP contribution in [0.5, 0.6) is 0 Å². The van der Waals surface area contributed by atoms with Crippen molar-refractivity contribution < 1.29 is 18.9 Å². The minimum absolute atomic E-state index is 0.0604. The van der Waals surface area contributed by atoms with Crippen LogP contribution in [0.25, 0.3) is 0 Å². The Bertz CT molecular complexity index is 146. The summed E-state index contributed by atoms with van der Waals surface area (Å²) in [5, 5.41) is 0. The zero-order chi connectivity index (χ0) is 11.5. The van der Waals surface area contributed by atoms with Gasteiger partial charge in [-0.3, -0.25) is 0 Å². The Morgan fingerprint density at radius 2 is 1.69 bits per heavy atom. The van der Waals surface area contributed by atoms with Crippen molar-refractivity contribution in [3.63, 3.8) is 0 Å². The van der Waals surface area contributed by atoms with Gasteiger partial charge >= 0.3 is 0 Å². The van der Waals surface area contributed by atoms with Crippen LogP contribution in [0.3, 0.4) is 0 Å². The van der Waals surface area contributed by atoms with Crippen LogP contribution in [-0.4, -0.2) is 45.9 Å². The van der Waals surface area contributed by atoms with Crippen LogP contribution in [0.4, 0.5) is 0 Å². The molecular weight excluding hydrogens is 208 g/mol. The highest BCUT2D eigenvalue weighted by molar-refractivity contribution is 4.51. The smallest absolute Gasteiger partial charge is 0.159 e. The molecule has 1 fully saturated rings. The summed E-state index contributed by atoms with van der Waals surface area (Å²) in [6, 6.07) is 0. The normalized spacial score (nSPS) is 17.8. The van der Waals surface area contributed by atoms with Crippen molar-refractivity contribution in [3.8, 4) is 0 Å². The van der Waals surface area contributed by atoms with E-state index in [1.807, 2.05) is 0 Å². The quantitative estimate of drug-likeness (QED) is 0.570. The number of hydrogen-bond donors (Lipinski definition) is 0. The summed E-state index contributed by atoms with van der Waals surface area (Å²) in [6.07, 6.45) is 4.06. The highest BCUT2D eigenvalue weighted by atomic mass is 16.7. The molecule has 0 N–H and O–H groups in total. The molecule has 0 atom stereocenters. The van der Waals surface area contributed by atoms with Crippen LogP contribution in [0.1, 0.15) is 32.6 Å². The first-order valence-corrected chi connectivity index (χ1v) is 6.32. The third-order valence-electron chi connectivity index (χ3n) is 2.41. The summed E-state index contributed by atoms with van der Waals surface area (Å²) in [6.45, 7) is 6.65. The van der Waals surface area contributed by atoms with Gasteiger partial charge in [0.2, 0.25) is 0 Å². The van der Waals surface area contributed by atoms with Crippen LogP contribution < -0.4 is 0 Å². The summed E-state index contributed by atoms with van der Waals surface area (Å²) >= 11 is 0. The van der Waals surface area contributed by atoms with Crippen molar-refractivity contribution in [2.45, 2.75) is 38.9 Å². The fourth-order valence-electron chi connectivity index (χ4n) is 1.45. The zero-order valence-electron chi connectivity index (χ0n) is 10.3. The molecule has 0 aromatic rings. The number of hydrogen-bond acceptors (Lipinski definition) is 4. The van der Waals surface area contributed by atoms with Gasteiger partial charge in [0.15, 0.2) is 6.29 Å². The Morgan fingerprint density at radius 1 is 1.00 bits per heavy atom. The van der Waals surface area contributed by atoms with E-state index in [2.05, 4.69) is 6.92 Å². The monoisotopic (exact) mass is 232 g/mol. The molecule has 96 valence electrons. The highest BCUT2D eigenvalue weighted by Crippen LogP contribution is 2.08. The van der Waals surface area contributed by atoms with E-state index in [1.54, 1.807) is 0 Å². The Hall–Kier alpha value is -0.160. The number of ether oxygens (including phenoxy) is 4. The summed E-state index contributed by atoms with van der Waals surface area (Å²) in [5.74, 6) is 0. The highest BCUT2D eigenvalue weighted by Gasteiger charge is 2.13. The molecule has 4 heteroatoms. The van der Waals surface area contributed by atoms with E-state index in [4.69, 9.17) is 18.9 Å². The molecule has 0 aromatic heterocycles. The van der Waals surface area contributed by atoms with E-state index in [-0.39, 0.29) is 6.29 Å². The van der Waals surface area contributed by atoms with Crippen LogP contribution in [0, 0.1) is 0 Å². The van der Waals surface area contributed by atoms with Gasteiger partial charge in [-0.1, -0.05) is 13.3 Å². The van der Waals surface area contributed by atoms with Crippen LogP contribution in [0.2, 0.25) is 0 Å². The molecule has 0 saturated carbocycles. The maximum atomic E-state index is 5.43. The molecule has 4 nitrogen and oxygen atoms in total. The van der Waals surface area contributed by atoms with Crippen molar-refractivity contribution in [1.29, 1.82) is 0 Å². The molecule has 0 amide bonds. The fraction of sp³-hybridized carbons (Fsp3) is 1.00. The van der Waals surface area contributed by atoms with Gasteiger partial charge in [-0.15, -0.1) is 0 Å². The maximum Gasteiger partial charge on any atom is 0.159 e. The SMILES string of the molecule is CCCCOCCOCCC1OCCCO1. The lowest BCUT2D eigenvalue weighted by Crippen LogP contribution is -2.26. The van der Waals surface area contributed by atoms with Crippen molar-refractivity contribution in [2.24, 2.45) is 0 Å². The van der Waals surface area contributed by atoms with Crippen molar-refractivity contribution in [2.75, 3.05) is 39.6 Å². The minimum Gasteiger partial charge on any atom is -0.379 e. The second kappa shape index (κ2) is 10.0. The second-order valence-corrected chi connectivity index (χ2v) is 3.89. The molecule has 0 radical (unpaired) electrons. The Labute approximate surface area is 98.2 Å². The van der Waals surface area contributed by atoms with E-state index in [0.717, 1.165) is 39.1 Å². The molecule has 16 heavy (non-hydrogen) atoms. The van der Waals surface area contributed by atoms with Gasteiger partial charge in [-0.05, 0) is 12.8 Å². The van der Waals surface area contributed by atoms with Gasteiger partial charge in [0.1, 0.15) is 0 Å². The molecule has 0 spiro atoms. The Kier molecular flexibility index (Phi) is 8.71. The molecule has 0 aromatic carbocycles. The molecule has 1 heterocycles. The Morgan fingerprint density at radius 3 is 2.38 bits per heavy atom. The number of unbranched alkanes of at least 4 members (excludes halogenated alkanes) is 1. The fourth-order valence-corrected chi connectivity index (χ4v) is 1.45. The molecule has 0 unspecified atom stereocenters. The minimum atomic E-state index is -0.0604. The van der Waals surface area contributed by atoms with E-state index in [1.165, 1.54) is 6.42 Å². The summed E-state index contributed by atoms with van der Waals surface area (Å²) in [5.41, 5.74) is 0. The van der Waals surface area contributed by atoms with Crippen molar-refractivity contribution >= 4 is 0 Å². The van der Waals surface area contributed by atoms with Gasteiger partial charge in [0, 0.05) is 13.0 Å². The molecule has 1 aliphatic heterocycles. The average molecular weight is 232 g/mol. The third kappa shape index (κ3) is 7.17. The summed E-state index contributed by atoms with van der Waals surface area (Å²) < 4.78 is 21.6. The first kappa shape index (κ1) is 13.9. The lowest BCUT2D eigenvalue weighted by molar-refractivity contribution is -0.186. The zero-order valence-corrected chi connectivity index (χ0v) is 10.3. The van der Waals surface area contributed by atoms with Crippen LogP contribution >= 0.6 is 0 Å². The van der Waals surface area contributed by atoms with Crippen LogP contribution in [0.15, 0.2) is 0 Å². The maximum absolute atomic E-state index is 5.43. The number of rotatable bonds is 9. The molecule has 1 saturated heterocycles. The summed E-state index contributed by atoms with van der Waals surface area (Å²) in [4.78, 5) is 0. The molecule has 0 bridgehead atoms. The van der Waals surface area contributed by atoms with Gasteiger partial charge < -0.3 is 18.9 Å². The van der Waals surface area contributed by atoms with E-state index in [0.29, 0.717) is 19.8 Å². The van der Waals surface area contributed by atoms with Crippen molar-refractivity contribution in [1.82, 2.24) is 0 Å². The molecular formula is C12H24O4. The average Bonchev–Trinajstić information content (AvgIpc) is 2.34. The van der Waals surface area contributed by atoms with Gasteiger partial charge in [0.05, 0.1) is 33.0 Å². The first-order chi connectivity index (χ1) is 7.93. The van der Waals surface area contributed by atoms with E-state index >= 15 is 0 Å². The van der Waals surface area contributed by atoms with E-state index < -0.39 is 0 Å². The van der Waals surface area contributed by atoms with E-state index in [9.17, 15) is 0 Å². The van der Waals surface area contributed by atoms with Crippen LogP contribution in [-0.2, 0) is 18.9 Å². The van der Waals surface area contributed by atoms with Gasteiger partial charge in [-0.25, -0.2) is 0 Å². The first-order valence-electron chi connectivity index (χ1n) is 6.32. The van der Waals surface area contributed by atoms with Gasteiger partial charge in [0.25, 0.3) is 0 Å². The molecule has 0 aliphatic carbocycles. The summed E-state index contributed by atoms with van der Waals surface area (Å²) in [7, 11) is 0. The lowest BCUT2D eigenvalue weighted by Gasteiger charge is -2.22.